The van der Waals surface area contributed by atoms with Crippen LogP contribution in [0.1, 0.15) is 16.7 Å². The molecule has 0 atom stereocenters. The molecular formula is C22H19F2N5O2S. The number of rotatable bonds is 5. The van der Waals surface area contributed by atoms with E-state index in [9.17, 15) is 17.2 Å². The minimum atomic E-state index is -4.31. The summed E-state index contributed by atoms with van der Waals surface area (Å²) in [6.45, 7) is 2.13. The number of fused-ring (bicyclic) bond motifs is 2. The summed E-state index contributed by atoms with van der Waals surface area (Å²) in [4.78, 5) is 2.90. The molecule has 0 amide bonds. The highest BCUT2D eigenvalue weighted by Gasteiger charge is 2.22. The SMILES string of the molecule is O=S(=O)(Nc1cccc(F)n1)c1cc2cnn(Cc3cccc4c3CNCC4)c2cc1F. The topological polar surface area (TPSA) is 88.9 Å². The maximum atomic E-state index is 14.9. The summed E-state index contributed by atoms with van der Waals surface area (Å²) >= 11 is 0. The lowest BCUT2D eigenvalue weighted by atomic mass is 9.96. The molecule has 10 heteroatoms. The number of halogens is 2. The number of hydrogen-bond acceptors (Lipinski definition) is 5. The Balaban J connectivity index is 1.49. The van der Waals surface area contributed by atoms with Gasteiger partial charge in [-0.3, -0.25) is 9.40 Å². The molecule has 3 heterocycles. The normalized spacial score (nSPS) is 13.8. The van der Waals surface area contributed by atoms with Crippen molar-refractivity contribution in [3.05, 3.63) is 83.2 Å². The Bertz CT molecular complexity index is 1440. The quantitative estimate of drug-likeness (QED) is 0.451. The largest absolute Gasteiger partial charge is 0.312 e. The predicted octanol–water partition coefficient (Wildman–Crippen LogP) is 3.20. The summed E-state index contributed by atoms with van der Waals surface area (Å²) in [5.41, 5.74) is 4.06. The van der Waals surface area contributed by atoms with Crippen LogP contribution in [0.15, 0.2) is 59.6 Å². The molecule has 0 aliphatic carbocycles. The lowest BCUT2D eigenvalue weighted by Gasteiger charge is -2.20. The van der Waals surface area contributed by atoms with E-state index >= 15 is 0 Å². The molecule has 0 saturated heterocycles. The van der Waals surface area contributed by atoms with Gasteiger partial charge >= 0.3 is 0 Å². The highest BCUT2D eigenvalue weighted by Crippen LogP contribution is 2.26. The molecule has 2 aromatic heterocycles. The van der Waals surface area contributed by atoms with Crippen molar-refractivity contribution in [2.24, 2.45) is 0 Å². The lowest BCUT2D eigenvalue weighted by molar-refractivity contribution is 0.570. The van der Waals surface area contributed by atoms with Crippen molar-refractivity contribution in [2.75, 3.05) is 11.3 Å². The summed E-state index contributed by atoms with van der Waals surface area (Å²) < 4.78 is 57.3. The molecule has 0 unspecified atom stereocenters. The zero-order chi connectivity index (χ0) is 22.3. The van der Waals surface area contributed by atoms with Crippen LogP contribution in [0.2, 0.25) is 0 Å². The van der Waals surface area contributed by atoms with Crippen LogP contribution in [0.25, 0.3) is 10.9 Å². The van der Waals surface area contributed by atoms with E-state index in [2.05, 4.69) is 26.2 Å². The molecule has 2 N–H and O–H groups in total. The number of sulfonamides is 1. The first kappa shape index (κ1) is 20.5. The van der Waals surface area contributed by atoms with Gasteiger partial charge in [-0.05, 0) is 47.9 Å². The average molecular weight is 455 g/mol. The lowest BCUT2D eigenvalue weighted by Crippen LogP contribution is -2.25. The molecule has 32 heavy (non-hydrogen) atoms. The van der Waals surface area contributed by atoms with Crippen molar-refractivity contribution >= 4 is 26.7 Å². The van der Waals surface area contributed by atoms with E-state index in [0.717, 1.165) is 37.2 Å². The minimum absolute atomic E-state index is 0.234. The van der Waals surface area contributed by atoms with Gasteiger partial charge in [-0.1, -0.05) is 24.3 Å². The van der Waals surface area contributed by atoms with Crippen LogP contribution in [-0.2, 0) is 29.5 Å². The second kappa shape index (κ2) is 7.95. The van der Waals surface area contributed by atoms with Gasteiger partial charge in [0.25, 0.3) is 10.0 Å². The Labute approximate surface area is 183 Å². The van der Waals surface area contributed by atoms with Crippen molar-refractivity contribution in [3.63, 3.8) is 0 Å². The van der Waals surface area contributed by atoms with Crippen molar-refractivity contribution in [2.45, 2.75) is 24.4 Å². The molecule has 0 fully saturated rings. The Morgan fingerprint density at radius 1 is 1.12 bits per heavy atom. The monoisotopic (exact) mass is 455 g/mol. The van der Waals surface area contributed by atoms with Crippen LogP contribution in [-0.4, -0.2) is 29.7 Å². The van der Waals surface area contributed by atoms with Gasteiger partial charge in [0.1, 0.15) is 16.5 Å². The van der Waals surface area contributed by atoms with Crippen LogP contribution in [0, 0.1) is 11.8 Å². The minimum Gasteiger partial charge on any atom is -0.312 e. The number of nitrogens with zero attached hydrogens (tertiary/aromatic N) is 3. The predicted molar refractivity (Wildman–Crippen MR) is 116 cm³/mol. The molecule has 1 aliphatic heterocycles. The van der Waals surface area contributed by atoms with E-state index in [0.29, 0.717) is 17.4 Å². The maximum absolute atomic E-state index is 14.9. The molecule has 0 bridgehead atoms. The van der Waals surface area contributed by atoms with Gasteiger partial charge in [-0.2, -0.15) is 9.49 Å². The standard InChI is InChI=1S/C22H19F2N5O2S/c23-18-10-19-16(9-20(18)32(30,31)28-22-6-2-5-21(24)27-22)11-26-29(19)13-15-4-1-3-14-7-8-25-12-17(14)15/h1-6,9-11,25H,7-8,12-13H2,(H,27,28). The Morgan fingerprint density at radius 2 is 1.97 bits per heavy atom. The molecular weight excluding hydrogens is 436 g/mol. The smallest absolute Gasteiger partial charge is 0.265 e. The van der Waals surface area contributed by atoms with E-state index in [1.807, 2.05) is 12.1 Å². The van der Waals surface area contributed by atoms with Crippen LogP contribution < -0.4 is 10.0 Å². The summed E-state index contributed by atoms with van der Waals surface area (Å²) in [6, 6.07) is 12.2. The van der Waals surface area contributed by atoms with Gasteiger partial charge in [0.05, 0.1) is 18.3 Å². The first-order chi connectivity index (χ1) is 15.4. The number of aromatic nitrogens is 3. The highest BCUT2D eigenvalue weighted by molar-refractivity contribution is 7.92. The number of nitrogens with one attached hydrogen (secondary N) is 2. The average Bonchev–Trinajstić information content (AvgIpc) is 3.14. The molecule has 7 nitrogen and oxygen atoms in total. The highest BCUT2D eigenvalue weighted by atomic mass is 32.2. The number of pyridine rings is 1. The number of anilines is 1. The van der Waals surface area contributed by atoms with Crippen molar-refractivity contribution in [1.29, 1.82) is 0 Å². The molecule has 0 spiro atoms. The van der Waals surface area contributed by atoms with Gasteiger partial charge in [0, 0.05) is 18.0 Å². The Hall–Kier alpha value is -3.37. The molecule has 0 radical (unpaired) electrons. The Morgan fingerprint density at radius 3 is 2.81 bits per heavy atom. The molecule has 2 aromatic carbocycles. The van der Waals surface area contributed by atoms with E-state index in [4.69, 9.17) is 0 Å². The van der Waals surface area contributed by atoms with Crippen LogP contribution in [0.5, 0.6) is 0 Å². The molecule has 0 saturated carbocycles. The second-order valence-corrected chi connectivity index (χ2v) is 9.23. The van der Waals surface area contributed by atoms with E-state index in [1.165, 1.54) is 35.5 Å². The van der Waals surface area contributed by atoms with E-state index in [-0.39, 0.29) is 5.82 Å². The zero-order valence-electron chi connectivity index (χ0n) is 16.8. The molecule has 4 aromatic rings. The van der Waals surface area contributed by atoms with Crippen molar-refractivity contribution < 1.29 is 17.2 Å². The fourth-order valence-corrected chi connectivity index (χ4v) is 5.06. The van der Waals surface area contributed by atoms with Crippen LogP contribution in [0.4, 0.5) is 14.6 Å². The first-order valence-electron chi connectivity index (χ1n) is 10.0. The van der Waals surface area contributed by atoms with Crippen molar-refractivity contribution in [1.82, 2.24) is 20.1 Å². The third kappa shape index (κ3) is 3.82. The zero-order valence-corrected chi connectivity index (χ0v) is 17.7. The number of hydrogen-bond donors (Lipinski definition) is 2. The fraction of sp³-hybridized carbons (Fsp3) is 0.182. The summed E-state index contributed by atoms with van der Waals surface area (Å²) in [5.74, 6) is -2.01. The third-order valence-electron chi connectivity index (χ3n) is 5.50. The maximum Gasteiger partial charge on any atom is 0.265 e. The third-order valence-corrected chi connectivity index (χ3v) is 6.87. The summed E-state index contributed by atoms with van der Waals surface area (Å²) in [6.07, 6.45) is 2.45. The Kier molecular flexibility index (Phi) is 5.10. The van der Waals surface area contributed by atoms with Gasteiger partial charge in [0.2, 0.25) is 5.95 Å². The summed E-state index contributed by atoms with van der Waals surface area (Å²) in [5, 5.41) is 8.19. The summed E-state index contributed by atoms with van der Waals surface area (Å²) in [7, 11) is -4.31. The molecule has 5 rings (SSSR count). The van der Waals surface area contributed by atoms with Crippen LogP contribution in [0.3, 0.4) is 0 Å². The van der Waals surface area contributed by atoms with Gasteiger partial charge in [-0.15, -0.1) is 0 Å². The van der Waals surface area contributed by atoms with Gasteiger partial charge in [-0.25, -0.2) is 17.8 Å². The van der Waals surface area contributed by atoms with Gasteiger partial charge < -0.3 is 5.32 Å². The van der Waals surface area contributed by atoms with E-state index in [1.54, 1.807) is 4.68 Å². The van der Waals surface area contributed by atoms with Crippen LogP contribution >= 0.6 is 0 Å². The fourth-order valence-electron chi connectivity index (χ4n) is 3.96. The molecule has 164 valence electrons. The first-order valence-corrected chi connectivity index (χ1v) is 11.5. The second-order valence-electron chi connectivity index (χ2n) is 7.58. The van der Waals surface area contributed by atoms with E-state index < -0.39 is 26.7 Å². The molecule has 1 aliphatic rings. The van der Waals surface area contributed by atoms with Gasteiger partial charge in [0.15, 0.2) is 0 Å². The number of benzene rings is 2. The van der Waals surface area contributed by atoms with Crippen molar-refractivity contribution in [3.8, 4) is 0 Å².